The van der Waals surface area contributed by atoms with E-state index < -0.39 is 17.4 Å². The van der Waals surface area contributed by atoms with Crippen molar-refractivity contribution in [2.75, 3.05) is 13.1 Å². The number of hydrogen-bond donors (Lipinski definition) is 1. The third-order valence-electron chi connectivity index (χ3n) is 4.26. The van der Waals surface area contributed by atoms with E-state index in [1.54, 1.807) is 6.92 Å². The molecule has 1 saturated heterocycles. The monoisotopic (exact) mass is 289 g/mol. The Morgan fingerprint density at radius 3 is 2.43 bits per heavy atom. The van der Waals surface area contributed by atoms with Gasteiger partial charge in [-0.05, 0) is 25.1 Å². The molecule has 4 nitrogen and oxygen atoms in total. The Kier molecular flexibility index (Phi) is 5.12. The molecule has 1 atom stereocenters. The van der Waals surface area contributed by atoms with Crippen LogP contribution >= 0.6 is 0 Å². The Morgan fingerprint density at radius 2 is 1.86 bits per heavy atom. The average molecular weight is 289 g/mol. The number of ether oxygens (including phenoxy) is 1. The zero-order valence-electron chi connectivity index (χ0n) is 12.7. The molecule has 1 fully saturated rings. The molecule has 4 heteroatoms. The van der Waals surface area contributed by atoms with E-state index in [4.69, 9.17) is 4.74 Å². The molecule has 0 saturated carbocycles. The van der Waals surface area contributed by atoms with Crippen molar-refractivity contribution in [1.82, 2.24) is 5.32 Å². The number of rotatable bonds is 5. The number of ketones is 1. The van der Waals surface area contributed by atoms with Crippen LogP contribution in [-0.2, 0) is 19.9 Å². The van der Waals surface area contributed by atoms with E-state index in [-0.39, 0.29) is 5.92 Å². The lowest BCUT2D eigenvalue weighted by Gasteiger charge is -2.37. The minimum Gasteiger partial charge on any atom is -0.448 e. The largest absolute Gasteiger partial charge is 0.448 e. The number of esters is 1. The number of nitrogens with one attached hydrogen (secondary N) is 1. The van der Waals surface area contributed by atoms with Gasteiger partial charge in [-0.1, -0.05) is 44.2 Å². The Morgan fingerprint density at radius 1 is 1.24 bits per heavy atom. The van der Waals surface area contributed by atoms with Gasteiger partial charge in [0.1, 0.15) is 5.60 Å². The van der Waals surface area contributed by atoms with Crippen LogP contribution in [0.15, 0.2) is 30.3 Å². The molecule has 0 bridgehead atoms. The molecule has 0 radical (unpaired) electrons. The highest BCUT2D eigenvalue weighted by Crippen LogP contribution is 2.35. The molecule has 114 valence electrons. The quantitative estimate of drug-likeness (QED) is 0.668. The van der Waals surface area contributed by atoms with Gasteiger partial charge in [-0.15, -0.1) is 0 Å². The van der Waals surface area contributed by atoms with Gasteiger partial charge in [-0.2, -0.15) is 0 Å². The molecule has 1 aromatic rings. The standard InChI is InChI=1S/C17H23NO3/c1-3-13(2)15(19)16(20)21-17(9-11-18-12-10-17)14-7-5-4-6-8-14/h4-8,13,18H,3,9-12H2,1-2H3. The minimum absolute atomic E-state index is 0.285. The third-order valence-corrected chi connectivity index (χ3v) is 4.26. The van der Waals surface area contributed by atoms with E-state index in [9.17, 15) is 9.59 Å². The topological polar surface area (TPSA) is 55.4 Å². The van der Waals surface area contributed by atoms with Crippen molar-refractivity contribution in [3.05, 3.63) is 35.9 Å². The minimum atomic E-state index is -0.699. The summed E-state index contributed by atoms with van der Waals surface area (Å²) in [6, 6.07) is 9.73. The number of carbonyl (C=O) groups is 2. The Bertz CT molecular complexity index is 492. The predicted molar refractivity (Wildman–Crippen MR) is 80.8 cm³/mol. The first-order chi connectivity index (χ1) is 10.1. The zero-order chi connectivity index (χ0) is 15.3. The van der Waals surface area contributed by atoms with Crippen LogP contribution in [0, 0.1) is 5.92 Å². The first-order valence-electron chi connectivity index (χ1n) is 7.62. The van der Waals surface area contributed by atoms with Gasteiger partial charge in [-0.3, -0.25) is 4.79 Å². The summed E-state index contributed by atoms with van der Waals surface area (Å²) in [7, 11) is 0. The van der Waals surface area contributed by atoms with Gasteiger partial charge in [0, 0.05) is 18.8 Å². The van der Waals surface area contributed by atoms with Gasteiger partial charge in [0.2, 0.25) is 5.78 Å². The fourth-order valence-electron chi connectivity index (χ4n) is 2.64. The van der Waals surface area contributed by atoms with Gasteiger partial charge < -0.3 is 10.1 Å². The highest BCUT2D eigenvalue weighted by Gasteiger charge is 2.39. The molecule has 0 amide bonds. The van der Waals surface area contributed by atoms with E-state index in [2.05, 4.69) is 5.32 Å². The molecule has 1 unspecified atom stereocenters. The van der Waals surface area contributed by atoms with Crippen molar-refractivity contribution >= 4 is 11.8 Å². The first-order valence-corrected chi connectivity index (χ1v) is 7.62. The second-order valence-electron chi connectivity index (χ2n) is 5.67. The van der Waals surface area contributed by atoms with Crippen molar-refractivity contribution in [2.24, 2.45) is 5.92 Å². The second kappa shape index (κ2) is 6.85. The van der Waals surface area contributed by atoms with E-state index in [0.29, 0.717) is 19.3 Å². The van der Waals surface area contributed by atoms with Crippen molar-refractivity contribution < 1.29 is 14.3 Å². The van der Waals surface area contributed by atoms with Crippen LogP contribution in [0.25, 0.3) is 0 Å². The van der Waals surface area contributed by atoms with Gasteiger partial charge >= 0.3 is 5.97 Å². The molecule has 0 aliphatic carbocycles. The molecule has 1 aromatic carbocycles. The zero-order valence-corrected chi connectivity index (χ0v) is 12.7. The van der Waals surface area contributed by atoms with E-state index in [0.717, 1.165) is 18.7 Å². The van der Waals surface area contributed by atoms with Crippen LogP contribution < -0.4 is 5.32 Å². The number of piperidine rings is 1. The number of hydrogen-bond acceptors (Lipinski definition) is 4. The fourth-order valence-corrected chi connectivity index (χ4v) is 2.64. The van der Waals surface area contributed by atoms with Crippen molar-refractivity contribution in [3.8, 4) is 0 Å². The van der Waals surface area contributed by atoms with Crippen molar-refractivity contribution in [3.63, 3.8) is 0 Å². The second-order valence-corrected chi connectivity index (χ2v) is 5.67. The molecule has 0 aromatic heterocycles. The Labute approximate surface area is 125 Å². The van der Waals surface area contributed by atoms with Crippen LogP contribution in [0.1, 0.15) is 38.7 Å². The molecule has 0 spiro atoms. The SMILES string of the molecule is CCC(C)C(=O)C(=O)OC1(c2ccccc2)CCNCC1. The average Bonchev–Trinajstić information content (AvgIpc) is 2.55. The summed E-state index contributed by atoms with van der Waals surface area (Å²) in [5.74, 6) is -1.41. The van der Waals surface area contributed by atoms with Gasteiger partial charge in [-0.25, -0.2) is 4.79 Å². The van der Waals surface area contributed by atoms with E-state index in [1.807, 2.05) is 37.3 Å². The molecule has 2 rings (SSSR count). The molecule has 1 heterocycles. The molecular weight excluding hydrogens is 266 g/mol. The molecule has 21 heavy (non-hydrogen) atoms. The Balaban J connectivity index is 2.22. The summed E-state index contributed by atoms with van der Waals surface area (Å²) in [5.41, 5.74) is 0.295. The molecule has 1 N–H and O–H groups in total. The first kappa shape index (κ1) is 15.7. The summed E-state index contributed by atoms with van der Waals surface area (Å²) in [6.45, 7) is 5.22. The van der Waals surface area contributed by atoms with Gasteiger partial charge in [0.15, 0.2) is 0 Å². The number of benzene rings is 1. The summed E-state index contributed by atoms with van der Waals surface area (Å²) < 4.78 is 5.72. The number of carbonyl (C=O) groups excluding carboxylic acids is 2. The van der Waals surface area contributed by atoms with Crippen LogP contribution in [-0.4, -0.2) is 24.8 Å². The number of Topliss-reactive ketones (excluding diaryl/α,β-unsaturated/α-hetero) is 1. The van der Waals surface area contributed by atoms with Crippen LogP contribution in [0.3, 0.4) is 0 Å². The summed E-state index contributed by atoms with van der Waals surface area (Å²) in [5, 5.41) is 3.27. The predicted octanol–water partition coefficient (Wildman–Crippen LogP) is 2.42. The maximum Gasteiger partial charge on any atom is 0.375 e. The van der Waals surface area contributed by atoms with Crippen LogP contribution in [0.4, 0.5) is 0 Å². The van der Waals surface area contributed by atoms with Gasteiger partial charge in [0.25, 0.3) is 0 Å². The van der Waals surface area contributed by atoms with Crippen molar-refractivity contribution in [1.29, 1.82) is 0 Å². The maximum absolute atomic E-state index is 12.2. The summed E-state index contributed by atoms with van der Waals surface area (Å²) >= 11 is 0. The Hall–Kier alpha value is -1.68. The molecule has 1 aliphatic rings. The third kappa shape index (κ3) is 3.50. The fraction of sp³-hybridized carbons (Fsp3) is 0.529. The van der Waals surface area contributed by atoms with E-state index >= 15 is 0 Å². The molecular formula is C17H23NO3. The smallest absolute Gasteiger partial charge is 0.375 e. The lowest BCUT2D eigenvalue weighted by molar-refractivity contribution is -0.171. The summed E-state index contributed by atoms with van der Waals surface area (Å²) in [4.78, 5) is 24.2. The van der Waals surface area contributed by atoms with E-state index in [1.165, 1.54) is 0 Å². The van der Waals surface area contributed by atoms with Crippen LogP contribution in [0.5, 0.6) is 0 Å². The normalized spacial score (nSPS) is 18.8. The van der Waals surface area contributed by atoms with Crippen molar-refractivity contribution in [2.45, 2.75) is 38.7 Å². The van der Waals surface area contributed by atoms with Gasteiger partial charge in [0.05, 0.1) is 0 Å². The maximum atomic E-state index is 12.2. The van der Waals surface area contributed by atoms with Crippen LogP contribution in [0.2, 0.25) is 0 Å². The lowest BCUT2D eigenvalue weighted by atomic mass is 9.84. The highest BCUT2D eigenvalue weighted by molar-refractivity contribution is 6.34. The molecule has 1 aliphatic heterocycles. The lowest BCUT2D eigenvalue weighted by Crippen LogP contribution is -2.44. The summed E-state index contributed by atoms with van der Waals surface area (Å²) in [6.07, 6.45) is 2.03. The highest BCUT2D eigenvalue weighted by atomic mass is 16.6.